The molecule has 0 saturated heterocycles. The smallest absolute Gasteiger partial charge is 0.195 e. The maximum Gasteiger partial charge on any atom is 0.195 e. The van der Waals surface area contributed by atoms with Crippen LogP contribution in [0.15, 0.2) is 42.6 Å². The Kier molecular flexibility index (Phi) is 3.39. The van der Waals surface area contributed by atoms with Gasteiger partial charge in [-0.2, -0.15) is 0 Å². The van der Waals surface area contributed by atoms with E-state index >= 15 is 0 Å². The minimum atomic E-state index is -0.568. The van der Waals surface area contributed by atoms with E-state index in [4.69, 9.17) is 16.3 Å². The number of aromatic nitrogens is 1. The number of rotatable bonds is 3. The fourth-order valence-corrected chi connectivity index (χ4v) is 2.42. The Labute approximate surface area is 125 Å². The van der Waals surface area contributed by atoms with E-state index in [1.54, 1.807) is 24.4 Å². The van der Waals surface area contributed by atoms with Gasteiger partial charge in [-0.3, -0.25) is 4.79 Å². The number of aromatic amines is 1. The standard InChI is InChI=1S/C16H11ClFNO2/c1-21-15-5-2-9(6-13(15)18)16(20)12-8-19-14-4-3-10(17)7-11(12)14/h2-8,19H,1H3. The van der Waals surface area contributed by atoms with E-state index in [0.29, 0.717) is 16.0 Å². The van der Waals surface area contributed by atoms with Gasteiger partial charge in [0.2, 0.25) is 0 Å². The fourth-order valence-electron chi connectivity index (χ4n) is 2.24. The molecule has 2 aromatic carbocycles. The Hall–Kier alpha value is -2.33. The van der Waals surface area contributed by atoms with Crippen LogP contribution in [0, 0.1) is 5.82 Å². The zero-order chi connectivity index (χ0) is 15.0. The van der Waals surface area contributed by atoms with E-state index < -0.39 is 5.82 Å². The highest BCUT2D eigenvalue weighted by molar-refractivity contribution is 6.31. The lowest BCUT2D eigenvalue weighted by atomic mass is 10.0. The summed E-state index contributed by atoms with van der Waals surface area (Å²) in [7, 11) is 1.38. The summed E-state index contributed by atoms with van der Waals surface area (Å²) in [6.07, 6.45) is 1.60. The predicted octanol–water partition coefficient (Wildman–Crippen LogP) is 4.20. The highest BCUT2D eigenvalue weighted by Gasteiger charge is 2.16. The number of halogens is 2. The molecule has 3 rings (SSSR count). The molecule has 0 fully saturated rings. The molecule has 106 valence electrons. The van der Waals surface area contributed by atoms with Crippen LogP contribution in [0.5, 0.6) is 5.75 Å². The average molecular weight is 304 g/mol. The molecule has 0 aliphatic rings. The van der Waals surface area contributed by atoms with E-state index in [-0.39, 0.29) is 17.1 Å². The molecular weight excluding hydrogens is 293 g/mol. The van der Waals surface area contributed by atoms with E-state index in [9.17, 15) is 9.18 Å². The van der Waals surface area contributed by atoms with Crippen molar-refractivity contribution in [2.75, 3.05) is 7.11 Å². The van der Waals surface area contributed by atoms with Gasteiger partial charge in [0.25, 0.3) is 0 Å². The zero-order valence-corrected chi connectivity index (χ0v) is 11.9. The molecule has 0 aliphatic heterocycles. The first-order valence-corrected chi connectivity index (χ1v) is 6.63. The highest BCUT2D eigenvalue weighted by Crippen LogP contribution is 2.26. The van der Waals surface area contributed by atoms with E-state index in [0.717, 1.165) is 5.52 Å². The Morgan fingerprint density at radius 1 is 1.24 bits per heavy atom. The number of hydrogen-bond donors (Lipinski definition) is 1. The summed E-state index contributed by atoms with van der Waals surface area (Å²) in [4.78, 5) is 15.5. The summed E-state index contributed by atoms with van der Waals surface area (Å²) in [5, 5.41) is 1.25. The molecule has 0 bridgehead atoms. The van der Waals surface area contributed by atoms with Gasteiger partial charge >= 0.3 is 0 Å². The molecule has 0 aliphatic carbocycles. The van der Waals surface area contributed by atoms with Crippen LogP contribution in [0.3, 0.4) is 0 Å². The minimum Gasteiger partial charge on any atom is -0.494 e. The molecule has 1 N–H and O–H groups in total. The summed E-state index contributed by atoms with van der Waals surface area (Å²) < 4.78 is 18.6. The Balaban J connectivity index is 2.08. The van der Waals surface area contributed by atoms with Gasteiger partial charge in [-0.25, -0.2) is 4.39 Å². The van der Waals surface area contributed by atoms with Gasteiger partial charge in [-0.1, -0.05) is 11.6 Å². The van der Waals surface area contributed by atoms with Crippen LogP contribution >= 0.6 is 11.6 Å². The predicted molar refractivity (Wildman–Crippen MR) is 79.7 cm³/mol. The second-order valence-corrected chi connectivity index (χ2v) is 5.01. The van der Waals surface area contributed by atoms with Crippen molar-refractivity contribution in [3.05, 3.63) is 64.6 Å². The normalized spacial score (nSPS) is 10.8. The second-order valence-electron chi connectivity index (χ2n) is 4.57. The largest absolute Gasteiger partial charge is 0.494 e. The molecule has 0 radical (unpaired) electrons. The van der Waals surface area contributed by atoms with Crippen LogP contribution in [0.4, 0.5) is 4.39 Å². The fraction of sp³-hybridized carbons (Fsp3) is 0.0625. The monoisotopic (exact) mass is 303 g/mol. The first-order valence-electron chi connectivity index (χ1n) is 6.25. The van der Waals surface area contributed by atoms with Gasteiger partial charge in [0.15, 0.2) is 17.3 Å². The van der Waals surface area contributed by atoms with Crippen LogP contribution in [-0.2, 0) is 0 Å². The van der Waals surface area contributed by atoms with Crippen LogP contribution in [0.2, 0.25) is 5.02 Å². The molecule has 0 amide bonds. The van der Waals surface area contributed by atoms with Crippen molar-refractivity contribution in [1.29, 1.82) is 0 Å². The van der Waals surface area contributed by atoms with Gasteiger partial charge in [0, 0.05) is 33.2 Å². The first kappa shape index (κ1) is 13.6. The van der Waals surface area contributed by atoms with Crippen LogP contribution < -0.4 is 4.74 Å². The SMILES string of the molecule is COc1ccc(C(=O)c2c[nH]c3ccc(Cl)cc23)cc1F. The third kappa shape index (κ3) is 2.38. The highest BCUT2D eigenvalue weighted by atomic mass is 35.5. The second kappa shape index (κ2) is 5.22. The van der Waals surface area contributed by atoms with Crippen molar-refractivity contribution < 1.29 is 13.9 Å². The summed E-state index contributed by atoms with van der Waals surface area (Å²) in [6.45, 7) is 0. The molecule has 3 aromatic rings. The number of benzene rings is 2. The maximum absolute atomic E-state index is 13.7. The molecular formula is C16H11ClFNO2. The lowest BCUT2D eigenvalue weighted by Crippen LogP contribution is -2.01. The molecule has 0 saturated carbocycles. The topological polar surface area (TPSA) is 42.1 Å². The first-order chi connectivity index (χ1) is 10.1. The van der Waals surface area contributed by atoms with Crippen molar-refractivity contribution in [2.45, 2.75) is 0 Å². The summed E-state index contributed by atoms with van der Waals surface area (Å²) >= 11 is 5.96. The molecule has 0 spiro atoms. The molecule has 21 heavy (non-hydrogen) atoms. The van der Waals surface area contributed by atoms with Crippen LogP contribution in [0.25, 0.3) is 10.9 Å². The lowest BCUT2D eigenvalue weighted by molar-refractivity contribution is 0.104. The van der Waals surface area contributed by atoms with Gasteiger partial charge in [-0.15, -0.1) is 0 Å². The van der Waals surface area contributed by atoms with Crippen molar-refractivity contribution in [3.63, 3.8) is 0 Å². The van der Waals surface area contributed by atoms with Crippen molar-refractivity contribution >= 4 is 28.3 Å². The lowest BCUT2D eigenvalue weighted by Gasteiger charge is -2.04. The summed E-state index contributed by atoms with van der Waals surface area (Å²) in [5.41, 5.74) is 1.52. The van der Waals surface area contributed by atoms with E-state index in [2.05, 4.69) is 4.98 Å². The third-order valence-electron chi connectivity index (χ3n) is 3.30. The molecule has 0 unspecified atom stereocenters. The zero-order valence-electron chi connectivity index (χ0n) is 11.1. The van der Waals surface area contributed by atoms with E-state index in [1.165, 1.54) is 25.3 Å². The molecule has 1 heterocycles. The van der Waals surface area contributed by atoms with Crippen LogP contribution in [0.1, 0.15) is 15.9 Å². The number of fused-ring (bicyclic) bond motifs is 1. The van der Waals surface area contributed by atoms with Crippen molar-refractivity contribution in [2.24, 2.45) is 0 Å². The number of H-pyrrole nitrogens is 1. The Morgan fingerprint density at radius 2 is 2.05 bits per heavy atom. The number of methoxy groups -OCH3 is 1. The van der Waals surface area contributed by atoms with Gasteiger partial charge in [0.1, 0.15) is 0 Å². The van der Waals surface area contributed by atoms with Gasteiger partial charge < -0.3 is 9.72 Å². The quantitative estimate of drug-likeness (QED) is 0.737. The number of carbonyl (C=O) groups excluding carboxylic acids is 1. The van der Waals surface area contributed by atoms with E-state index in [1.807, 2.05) is 0 Å². The van der Waals surface area contributed by atoms with Crippen molar-refractivity contribution in [3.8, 4) is 5.75 Å². The molecule has 0 atom stereocenters. The minimum absolute atomic E-state index is 0.105. The Morgan fingerprint density at radius 3 is 2.76 bits per heavy atom. The number of nitrogens with one attached hydrogen (secondary N) is 1. The Bertz CT molecular complexity index is 841. The van der Waals surface area contributed by atoms with Gasteiger partial charge in [-0.05, 0) is 36.4 Å². The molecule has 3 nitrogen and oxygen atoms in total. The third-order valence-corrected chi connectivity index (χ3v) is 3.54. The molecule has 1 aromatic heterocycles. The molecule has 5 heteroatoms. The summed E-state index contributed by atoms with van der Waals surface area (Å²) in [5.74, 6) is -0.736. The van der Waals surface area contributed by atoms with Crippen molar-refractivity contribution in [1.82, 2.24) is 4.98 Å². The summed E-state index contributed by atoms with van der Waals surface area (Å²) in [6, 6.07) is 9.38. The number of ketones is 1. The van der Waals surface area contributed by atoms with Crippen LogP contribution in [-0.4, -0.2) is 17.9 Å². The number of ether oxygens (including phenoxy) is 1. The van der Waals surface area contributed by atoms with Gasteiger partial charge in [0.05, 0.1) is 7.11 Å². The number of carbonyl (C=O) groups is 1. The number of hydrogen-bond acceptors (Lipinski definition) is 2. The maximum atomic E-state index is 13.7. The average Bonchev–Trinajstić information content (AvgIpc) is 2.89.